The van der Waals surface area contributed by atoms with Gasteiger partial charge < -0.3 is 10.5 Å². The SMILES string of the molecule is C=N/N=C(\OCC(F)F)c1ccc(CCCN2CCCC2C(N)=O)cc1. The number of carbonyl (C=O) groups is 1. The first-order valence-electron chi connectivity index (χ1n) is 8.58. The first kappa shape index (κ1) is 20.0. The molecule has 2 N–H and O–H groups in total. The van der Waals surface area contributed by atoms with Crippen molar-refractivity contribution in [3.05, 3.63) is 35.4 Å². The largest absolute Gasteiger partial charge is 0.470 e. The standard InChI is InChI=1S/C18H24F2N4O2/c1-22-23-18(26-12-16(19)20)14-8-6-13(7-9-14)4-2-10-24-11-3-5-15(24)17(21)25/h6-9,15-16H,1-5,10-12H2,(H2,21,25)/b23-18-. The Bertz CT molecular complexity index is 635. The third-order valence-electron chi connectivity index (χ3n) is 4.31. The van der Waals surface area contributed by atoms with E-state index in [1.165, 1.54) is 0 Å². The van der Waals surface area contributed by atoms with E-state index in [0.29, 0.717) is 5.56 Å². The fourth-order valence-electron chi connectivity index (χ4n) is 3.09. The lowest BCUT2D eigenvalue weighted by molar-refractivity contribution is -0.122. The number of aryl methyl sites for hydroxylation is 1. The van der Waals surface area contributed by atoms with Gasteiger partial charge in [-0.2, -0.15) is 5.10 Å². The maximum atomic E-state index is 12.3. The smallest absolute Gasteiger partial charge is 0.272 e. The van der Waals surface area contributed by atoms with Gasteiger partial charge in [0, 0.05) is 12.3 Å². The highest BCUT2D eigenvalue weighted by molar-refractivity contribution is 5.94. The lowest BCUT2D eigenvalue weighted by atomic mass is 10.1. The van der Waals surface area contributed by atoms with Crippen molar-refractivity contribution in [3.63, 3.8) is 0 Å². The molecule has 1 atom stereocenters. The summed E-state index contributed by atoms with van der Waals surface area (Å²) in [6.07, 6.45) is 0.994. The fraction of sp³-hybridized carbons (Fsp3) is 0.500. The molecule has 1 aliphatic heterocycles. The van der Waals surface area contributed by atoms with E-state index >= 15 is 0 Å². The summed E-state index contributed by atoms with van der Waals surface area (Å²) in [5, 5.41) is 7.01. The number of halogens is 2. The quantitative estimate of drug-likeness (QED) is 0.413. The van der Waals surface area contributed by atoms with Crippen LogP contribution in [0.15, 0.2) is 34.5 Å². The van der Waals surface area contributed by atoms with E-state index in [0.717, 1.165) is 44.3 Å². The van der Waals surface area contributed by atoms with E-state index in [-0.39, 0.29) is 17.8 Å². The van der Waals surface area contributed by atoms with Crippen LogP contribution in [-0.2, 0) is 16.0 Å². The van der Waals surface area contributed by atoms with Gasteiger partial charge in [-0.25, -0.2) is 8.78 Å². The fourth-order valence-corrected chi connectivity index (χ4v) is 3.09. The molecule has 1 amide bonds. The van der Waals surface area contributed by atoms with Crippen LogP contribution in [0.25, 0.3) is 0 Å². The molecule has 0 bridgehead atoms. The minimum atomic E-state index is -2.58. The Hall–Kier alpha value is -2.35. The second-order valence-electron chi connectivity index (χ2n) is 6.15. The van der Waals surface area contributed by atoms with Gasteiger partial charge in [-0.05, 0) is 56.5 Å². The summed E-state index contributed by atoms with van der Waals surface area (Å²) < 4.78 is 29.6. The Morgan fingerprint density at radius 1 is 1.38 bits per heavy atom. The van der Waals surface area contributed by atoms with Crippen LogP contribution >= 0.6 is 0 Å². The zero-order valence-electron chi connectivity index (χ0n) is 14.6. The minimum Gasteiger partial charge on any atom is -0.470 e. The first-order chi connectivity index (χ1) is 12.5. The summed E-state index contributed by atoms with van der Waals surface area (Å²) in [4.78, 5) is 13.5. The molecule has 8 heteroatoms. The molecule has 0 spiro atoms. The third-order valence-corrected chi connectivity index (χ3v) is 4.31. The van der Waals surface area contributed by atoms with Crippen LogP contribution in [0, 0.1) is 0 Å². The average Bonchev–Trinajstić information content (AvgIpc) is 3.08. The monoisotopic (exact) mass is 366 g/mol. The number of likely N-dealkylation sites (tertiary alicyclic amines) is 1. The van der Waals surface area contributed by atoms with E-state index in [1.54, 1.807) is 12.1 Å². The zero-order chi connectivity index (χ0) is 18.9. The van der Waals surface area contributed by atoms with Crippen LogP contribution in [0.5, 0.6) is 0 Å². The lowest BCUT2D eigenvalue weighted by Crippen LogP contribution is -2.40. The average molecular weight is 366 g/mol. The van der Waals surface area contributed by atoms with Crippen LogP contribution in [0.4, 0.5) is 8.78 Å². The van der Waals surface area contributed by atoms with Gasteiger partial charge in [-0.15, -0.1) is 5.10 Å². The highest BCUT2D eigenvalue weighted by Crippen LogP contribution is 2.18. The number of benzene rings is 1. The highest BCUT2D eigenvalue weighted by Gasteiger charge is 2.28. The van der Waals surface area contributed by atoms with Crippen molar-refractivity contribution < 1.29 is 18.3 Å². The minimum absolute atomic E-state index is 0.0215. The Labute approximate surface area is 151 Å². The van der Waals surface area contributed by atoms with Crippen molar-refractivity contribution in [2.45, 2.75) is 38.2 Å². The first-order valence-corrected chi connectivity index (χ1v) is 8.58. The van der Waals surface area contributed by atoms with Gasteiger partial charge in [-0.3, -0.25) is 9.69 Å². The summed E-state index contributed by atoms with van der Waals surface area (Å²) in [7, 11) is 0. The molecule has 1 aliphatic rings. The van der Waals surface area contributed by atoms with Gasteiger partial charge in [0.05, 0.1) is 6.04 Å². The summed E-state index contributed by atoms with van der Waals surface area (Å²) in [5.41, 5.74) is 7.09. The molecule has 6 nitrogen and oxygen atoms in total. The highest BCUT2D eigenvalue weighted by atomic mass is 19.3. The molecular formula is C18H24F2N4O2. The number of primary amides is 1. The van der Waals surface area contributed by atoms with Crippen LogP contribution < -0.4 is 5.73 Å². The Kier molecular flexibility index (Phi) is 7.65. The normalized spacial score (nSPS) is 18.3. The van der Waals surface area contributed by atoms with Gasteiger partial charge in [0.2, 0.25) is 11.8 Å². The Balaban J connectivity index is 1.87. The van der Waals surface area contributed by atoms with Crippen LogP contribution in [0.1, 0.15) is 30.4 Å². The molecule has 26 heavy (non-hydrogen) atoms. The molecule has 0 aromatic heterocycles. The number of amides is 1. The molecule has 1 fully saturated rings. The molecule has 1 aromatic rings. The van der Waals surface area contributed by atoms with Crippen LogP contribution in [-0.4, -0.2) is 55.6 Å². The number of nitrogens with two attached hydrogens (primary N) is 1. The Morgan fingerprint density at radius 2 is 2.12 bits per heavy atom. The molecular weight excluding hydrogens is 342 g/mol. The summed E-state index contributed by atoms with van der Waals surface area (Å²) in [5.74, 6) is -0.230. The lowest BCUT2D eigenvalue weighted by Gasteiger charge is -2.21. The van der Waals surface area contributed by atoms with E-state index < -0.39 is 13.0 Å². The molecule has 0 radical (unpaired) electrons. The zero-order valence-corrected chi connectivity index (χ0v) is 14.6. The number of nitrogens with zero attached hydrogens (tertiary/aromatic N) is 3. The van der Waals surface area contributed by atoms with Crippen molar-refractivity contribution in [1.29, 1.82) is 0 Å². The van der Waals surface area contributed by atoms with E-state index in [4.69, 9.17) is 10.5 Å². The van der Waals surface area contributed by atoms with Gasteiger partial charge in [0.1, 0.15) is 0 Å². The van der Waals surface area contributed by atoms with E-state index in [1.807, 2.05) is 12.1 Å². The molecule has 1 aromatic carbocycles. The van der Waals surface area contributed by atoms with Crippen molar-refractivity contribution in [2.75, 3.05) is 19.7 Å². The summed E-state index contributed by atoms with van der Waals surface area (Å²) >= 11 is 0. The van der Waals surface area contributed by atoms with Crippen molar-refractivity contribution in [1.82, 2.24) is 4.90 Å². The molecule has 0 aliphatic carbocycles. The summed E-state index contributed by atoms with van der Waals surface area (Å²) in [6, 6.07) is 7.17. The van der Waals surface area contributed by atoms with Crippen molar-refractivity contribution in [3.8, 4) is 0 Å². The molecule has 1 saturated heterocycles. The van der Waals surface area contributed by atoms with Gasteiger partial charge in [-0.1, -0.05) is 12.1 Å². The molecule has 1 unspecified atom stereocenters. The molecule has 142 valence electrons. The topological polar surface area (TPSA) is 80.3 Å². The second kappa shape index (κ2) is 9.96. The number of hydrogen-bond donors (Lipinski definition) is 1. The van der Waals surface area contributed by atoms with Crippen molar-refractivity contribution in [2.24, 2.45) is 15.9 Å². The van der Waals surface area contributed by atoms with Gasteiger partial charge >= 0.3 is 0 Å². The number of carbonyl (C=O) groups excluding carboxylic acids is 1. The maximum Gasteiger partial charge on any atom is 0.272 e. The molecule has 2 rings (SSSR count). The second-order valence-corrected chi connectivity index (χ2v) is 6.15. The van der Waals surface area contributed by atoms with Gasteiger partial charge in [0.15, 0.2) is 6.61 Å². The molecule has 0 saturated carbocycles. The van der Waals surface area contributed by atoms with Crippen LogP contribution in [0.3, 0.4) is 0 Å². The maximum absolute atomic E-state index is 12.3. The number of alkyl halides is 2. The predicted octanol–water partition coefficient (Wildman–Crippen LogP) is 2.21. The predicted molar refractivity (Wildman–Crippen MR) is 96.6 cm³/mol. The van der Waals surface area contributed by atoms with E-state index in [9.17, 15) is 13.6 Å². The third kappa shape index (κ3) is 5.87. The number of rotatable bonds is 9. The van der Waals surface area contributed by atoms with Crippen molar-refractivity contribution >= 4 is 18.5 Å². The number of hydrogen-bond acceptors (Lipinski definition) is 5. The molecule has 1 heterocycles. The van der Waals surface area contributed by atoms with E-state index in [2.05, 4.69) is 21.8 Å². The van der Waals surface area contributed by atoms with Gasteiger partial charge in [0.25, 0.3) is 6.43 Å². The van der Waals surface area contributed by atoms with Crippen LogP contribution in [0.2, 0.25) is 0 Å². The Morgan fingerprint density at radius 3 is 2.73 bits per heavy atom. The number of ether oxygens (including phenoxy) is 1. The summed E-state index contributed by atoms with van der Waals surface area (Å²) in [6.45, 7) is 4.21.